The zero-order valence-corrected chi connectivity index (χ0v) is 10.9. The largest absolute Gasteiger partial charge is 0.468 e. The van der Waals surface area contributed by atoms with Crippen LogP contribution in [-0.4, -0.2) is 37.6 Å². The number of ether oxygens (including phenoxy) is 1. The molecule has 0 aliphatic carbocycles. The summed E-state index contributed by atoms with van der Waals surface area (Å²) >= 11 is 0. The number of methoxy groups -OCH3 is 1. The maximum absolute atomic E-state index is 11.6. The van der Waals surface area contributed by atoms with Crippen molar-refractivity contribution in [1.29, 1.82) is 0 Å². The highest BCUT2D eigenvalue weighted by molar-refractivity contribution is 5.86. The molecule has 16 heavy (non-hydrogen) atoms. The lowest BCUT2D eigenvalue weighted by atomic mass is 9.97. The minimum absolute atomic E-state index is 0.0522. The van der Waals surface area contributed by atoms with Crippen LogP contribution in [0.4, 0.5) is 0 Å². The van der Waals surface area contributed by atoms with E-state index in [1.807, 2.05) is 13.8 Å². The minimum Gasteiger partial charge on any atom is -0.468 e. The monoisotopic (exact) mass is 230 g/mol. The standard InChI is InChI=1S/C11H22N2O3/c1-7(2)8(9(14)16-6)13-11(3,4)10(15)12-5/h7-8,13H,1-6H3,(H,12,15)/t8-/m0/s1. The van der Waals surface area contributed by atoms with Crippen LogP contribution in [0.5, 0.6) is 0 Å². The van der Waals surface area contributed by atoms with Gasteiger partial charge in [0.1, 0.15) is 6.04 Å². The molecule has 5 nitrogen and oxygen atoms in total. The topological polar surface area (TPSA) is 67.4 Å². The fourth-order valence-electron chi connectivity index (χ4n) is 1.39. The van der Waals surface area contributed by atoms with Gasteiger partial charge < -0.3 is 10.1 Å². The molecule has 0 heterocycles. The van der Waals surface area contributed by atoms with E-state index in [9.17, 15) is 9.59 Å². The van der Waals surface area contributed by atoms with Crippen molar-refractivity contribution < 1.29 is 14.3 Å². The van der Waals surface area contributed by atoms with Gasteiger partial charge in [-0.3, -0.25) is 14.9 Å². The quantitative estimate of drug-likeness (QED) is 0.667. The molecule has 1 atom stereocenters. The van der Waals surface area contributed by atoms with Crippen LogP contribution in [0.3, 0.4) is 0 Å². The van der Waals surface area contributed by atoms with Crippen LogP contribution in [0.25, 0.3) is 0 Å². The molecule has 0 bridgehead atoms. The van der Waals surface area contributed by atoms with Crippen molar-refractivity contribution >= 4 is 11.9 Å². The van der Waals surface area contributed by atoms with E-state index in [0.717, 1.165) is 0 Å². The van der Waals surface area contributed by atoms with Crippen LogP contribution in [0.1, 0.15) is 27.7 Å². The van der Waals surface area contributed by atoms with Gasteiger partial charge in [0, 0.05) is 7.05 Å². The summed E-state index contributed by atoms with van der Waals surface area (Å²) in [5.41, 5.74) is -0.808. The van der Waals surface area contributed by atoms with Gasteiger partial charge in [-0.1, -0.05) is 13.8 Å². The van der Waals surface area contributed by atoms with E-state index >= 15 is 0 Å². The molecule has 2 N–H and O–H groups in total. The Morgan fingerprint density at radius 3 is 2.06 bits per heavy atom. The average molecular weight is 230 g/mol. The molecule has 0 aromatic rings. The highest BCUT2D eigenvalue weighted by Crippen LogP contribution is 2.10. The first kappa shape index (κ1) is 14.9. The number of amides is 1. The molecule has 0 spiro atoms. The van der Waals surface area contributed by atoms with Crippen molar-refractivity contribution in [2.45, 2.75) is 39.3 Å². The Balaban J connectivity index is 4.75. The second-order valence-electron chi connectivity index (χ2n) is 4.59. The van der Waals surface area contributed by atoms with Gasteiger partial charge in [0.2, 0.25) is 5.91 Å². The van der Waals surface area contributed by atoms with Gasteiger partial charge in [-0.05, 0) is 19.8 Å². The Morgan fingerprint density at radius 1 is 1.25 bits per heavy atom. The number of nitrogens with one attached hydrogen (secondary N) is 2. The molecule has 0 unspecified atom stereocenters. The minimum atomic E-state index is -0.808. The van der Waals surface area contributed by atoms with Crippen LogP contribution >= 0.6 is 0 Å². The number of carbonyl (C=O) groups is 2. The normalized spacial score (nSPS) is 13.4. The zero-order valence-electron chi connectivity index (χ0n) is 10.9. The Kier molecular flexibility index (Phi) is 5.44. The average Bonchev–Trinajstić information content (AvgIpc) is 2.23. The molecule has 0 saturated carbocycles. The fourth-order valence-corrected chi connectivity index (χ4v) is 1.39. The third kappa shape index (κ3) is 3.81. The van der Waals surface area contributed by atoms with Crippen molar-refractivity contribution in [2.75, 3.05) is 14.2 Å². The van der Waals surface area contributed by atoms with Crippen LogP contribution in [0.2, 0.25) is 0 Å². The number of carbonyl (C=O) groups excluding carboxylic acids is 2. The first-order valence-corrected chi connectivity index (χ1v) is 5.34. The third-order valence-electron chi connectivity index (χ3n) is 2.43. The molecule has 0 aromatic carbocycles. The van der Waals surface area contributed by atoms with Crippen LogP contribution in [0.15, 0.2) is 0 Å². The highest BCUT2D eigenvalue weighted by atomic mass is 16.5. The number of hydrogen-bond acceptors (Lipinski definition) is 4. The molecule has 5 heteroatoms. The van der Waals surface area contributed by atoms with E-state index in [1.54, 1.807) is 20.9 Å². The van der Waals surface area contributed by atoms with Crippen LogP contribution < -0.4 is 10.6 Å². The molecular weight excluding hydrogens is 208 g/mol. The Bertz CT molecular complexity index is 262. The lowest BCUT2D eigenvalue weighted by Crippen LogP contribution is -2.58. The van der Waals surface area contributed by atoms with Gasteiger partial charge in [0.25, 0.3) is 0 Å². The predicted molar refractivity (Wildman–Crippen MR) is 61.9 cm³/mol. The van der Waals surface area contributed by atoms with Crippen molar-refractivity contribution in [3.05, 3.63) is 0 Å². The summed E-state index contributed by atoms with van der Waals surface area (Å²) in [4.78, 5) is 23.1. The maximum Gasteiger partial charge on any atom is 0.323 e. The summed E-state index contributed by atoms with van der Waals surface area (Å²) in [7, 11) is 2.90. The smallest absolute Gasteiger partial charge is 0.323 e. The lowest BCUT2D eigenvalue weighted by molar-refractivity contribution is -0.145. The van der Waals surface area contributed by atoms with E-state index in [2.05, 4.69) is 10.6 Å². The summed E-state index contributed by atoms with van der Waals surface area (Å²) < 4.78 is 4.70. The summed E-state index contributed by atoms with van der Waals surface area (Å²) in [6.45, 7) is 7.25. The highest BCUT2D eigenvalue weighted by Gasteiger charge is 2.34. The zero-order chi connectivity index (χ0) is 12.9. The predicted octanol–water partition coefficient (Wildman–Crippen LogP) is 0.298. The first-order chi connectivity index (χ1) is 7.26. The third-order valence-corrected chi connectivity index (χ3v) is 2.43. The lowest BCUT2D eigenvalue weighted by Gasteiger charge is -2.30. The Morgan fingerprint density at radius 2 is 1.75 bits per heavy atom. The van der Waals surface area contributed by atoms with Crippen molar-refractivity contribution in [3.8, 4) is 0 Å². The van der Waals surface area contributed by atoms with Gasteiger partial charge in [-0.15, -0.1) is 0 Å². The molecule has 1 amide bonds. The van der Waals surface area contributed by atoms with Crippen molar-refractivity contribution in [3.63, 3.8) is 0 Å². The molecule has 0 radical (unpaired) electrons. The van der Waals surface area contributed by atoms with E-state index in [0.29, 0.717) is 0 Å². The van der Waals surface area contributed by atoms with Crippen molar-refractivity contribution in [2.24, 2.45) is 5.92 Å². The number of likely N-dealkylation sites (N-methyl/N-ethyl adjacent to an activating group) is 1. The SMILES string of the molecule is CNC(=O)C(C)(C)N[C@H](C(=O)OC)C(C)C. The number of esters is 1. The molecule has 0 fully saturated rings. The molecule has 0 aromatic heterocycles. The molecule has 0 rings (SSSR count). The molecular formula is C11H22N2O3. The van der Waals surface area contributed by atoms with Gasteiger partial charge in [-0.2, -0.15) is 0 Å². The van der Waals surface area contributed by atoms with Gasteiger partial charge in [0.05, 0.1) is 12.6 Å². The maximum atomic E-state index is 11.6. The summed E-state index contributed by atoms with van der Waals surface area (Å²) in [5.74, 6) is -0.467. The molecule has 0 aliphatic rings. The number of hydrogen-bond donors (Lipinski definition) is 2. The summed E-state index contributed by atoms with van der Waals surface area (Å²) in [6, 6.07) is -0.489. The second-order valence-corrected chi connectivity index (χ2v) is 4.59. The second kappa shape index (κ2) is 5.84. The molecule has 0 saturated heterocycles. The van der Waals surface area contributed by atoms with Crippen molar-refractivity contribution in [1.82, 2.24) is 10.6 Å². The molecule has 0 aliphatic heterocycles. The van der Waals surface area contributed by atoms with Gasteiger partial charge >= 0.3 is 5.97 Å². The Hall–Kier alpha value is -1.10. The first-order valence-electron chi connectivity index (χ1n) is 5.34. The van der Waals surface area contributed by atoms with E-state index < -0.39 is 11.6 Å². The van der Waals surface area contributed by atoms with Crippen LogP contribution in [-0.2, 0) is 14.3 Å². The van der Waals surface area contributed by atoms with E-state index in [1.165, 1.54) is 7.11 Å². The van der Waals surface area contributed by atoms with E-state index in [-0.39, 0.29) is 17.8 Å². The number of rotatable bonds is 5. The summed E-state index contributed by atoms with van der Waals surface area (Å²) in [6.07, 6.45) is 0. The van der Waals surface area contributed by atoms with Crippen LogP contribution in [0, 0.1) is 5.92 Å². The summed E-state index contributed by atoms with van der Waals surface area (Å²) in [5, 5.41) is 5.56. The fraction of sp³-hybridized carbons (Fsp3) is 0.818. The molecule has 94 valence electrons. The van der Waals surface area contributed by atoms with E-state index in [4.69, 9.17) is 4.74 Å². The van der Waals surface area contributed by atoms with Gasteiger partial charge in [0.15, 0.2) is 0 Å². The van der Waals surface area contributed by atoms with Gasteiger partial charge in [-0.25, -0.2) is 0 Å². The Labute approximate surface area is 96.9 Å².